The summed E-state index contributed by atoms with van der Waals surface area (Å²) in [6, 6.07) is 11.3. The highest BCUT2D eigenvalue weighted by Crippen LogP contribution is 2.42. The molecule has 200 valence electrons. The molecule has 4 rings (SSSR count). The normalized spacial score (nSPS) is 19.0. The fourth-order valence-electron chi connectivity index (χ4n) is 4.57. The Labute approximate surface area is 217 Å². The molecule has 2 heterocycles. The molecule has 10 nitrogen and oxygen atoms in total. The molecule has 0 unspecified atom stereocenters. The molecule has 1 N–H and O–H groups in total. The van der Waals surface area contributed by atoms with Gasteiger partial charge in [-0.05, 0) is 19.9 Å². The highest BCUT2D eigenvalue weighted by molar-refractivity contribution is 7.92. The molecule has 0 saturated carbocycles. The van der Waals surface area contributed by atoms with Crippen LogP contribution in [-0.4, -0.2) is 67.7 Å². The molecule has 2 aromatic carbocycles. The summed E-state index contributed by atoms with van der Waals surface area (Å²) in [5, 5.41) is 7.86. The van der Waals surface area contributed by atoms with Crippen molar-refractivity contribution in [1.29, 1.82) is 0 Å². The highest BCUT2D eigenvalue weighted by atomic mass is 32.2. The van der Waals surface area contributed by atoms with Crippen LogP contribution in [0.2, 0.25) is 0 Å². The summed E-state index contributed by atoms with van der Waals surface area (Å²) in [6.45, 7) is 3.62. The van der Waals surface area contributed by atoms with E-state index in [0.29, 0.717) is 39.4 Å². The number of fused-ring (bicyclic) bond motifs is 2. The first-order chi connectivity index (χ1) is 17.3. The molecule has 1 aliphatic rings. The zero-order valence-electron chi connectivity index (χ0n) is 21.6. The van der Waals surface area contributed by atoms with E-state index in [1.54, 1.807) is 20.0 Å². The molecule has 1 aromatic heterocycles. The number of rotatable bonds is 6. The number of benzene rings is 2. The number of furan rings is 1. The van der Waals surface area contributed by atoms with E-state index >= 15 is 0 Å². The lowest BCUT2D eigenvalue weighted by Crippen LogP contribution is -2.39. The molecule has 12 heteroatoms. The summed E-state index contributed by atoms with van der Waals surface area (Å²) < 4.78 is 63.4. The number of sulfone groups is 1. The number of hydrogen-bond donors (Lipinski definition) is 1. The first kappa shape index (κ1) is 27.0. The number of amidine groups is 1. The molecule has 0 bridgehead atoms. The smallest absolute Gasteiger partial charge is 0.232 e. The van der Waals surface area contributed by atoms with Gasteiger partial charge in [-0.2, -0.15) is 0 Å². The molecule has 2 atom stereocenters. The van der Waals surface area contributed by atoms with Crippen LogP contribution >= 0.6 is 0 Å². The predicted molar refractivity (Wildman–Crippen MR) is 144 cm³/mol. The second-order valence-corrected chi connectivity index (χ2v) is 13.3. The third-order valence-corrected chi connectivity index (χ3v) is 8.29. The third-order valence-electron chi connectivity index (χ3n) is 6.17. The Hall–Kier alpha value is -3.09. The number of anilines is 1. The molecule has 0 spiro atoms. The Kier molecular flexibility index (Phi) is 7.28. The van der Waals surface area contributed by atoms with Crippen LogP contribution in [0.5, 0.6) is 0 Å². The first-order valence-corrected chi connectivity index (χ1v) is 15.5. The van der Waals surface area contributed by atoms with Gasteiger partial charge in [0.2, 0.25) is 10.0 Å². The van der Waals surface area contributed by atoms with Crippen LogP contribution in [-0.2, 0) is 29.4 Å². The molecule has 0 saturated heterocycles. The largest absolute Gasteiger partial charge is 0.455 e. The highest BCUT2D eigenvalue weighted by Gasteiger charge is 2.34. The van der Waals surface area contributed by atoms with Crippen molar-refractivity contribution in [2.24, 2.45) is 5.16 Å². The lowest BCUT2D eigenvalue weighted by atomic mass is 10.00. The number of ether oxygens (including phenoxy) is 1. The number of nitrogens with zero attached hydrogens (tertiary/aromatic N) is 2. The zero-order chi connectivity index (χ0) is 27.1. The minimum Gasteiger partial charge on any atom is -0.455 e. The molecule has 3 aromatic rings. The van der Waals surface area contributed by atoms with Crippen molar-refractivity contribution in [3.05, 3.63) is 53.1 Å². The second kappa shape index (κ2) is 9.99. The van der Waals surface area contributed by atoms with Crippen molar-refractivity contribution in [3.63, 3.8) is 0 Å². The van der Waals surface area contributed by atoms with Gasteiger partial charge in [0.25, 0.3) is 0 Å². The maximum atomic E-state index is 12.9. The van der Waals surface area contributed by atoms with Crippen LogP contribution in [0.1, 0.15) is 29.7 Å². The Bertz CT molecular complexity index is 1560. The summed E-state index contributed by atoms with van der Waals surface area (Å²) >= 11 is 0. The molecule has 37 heavy (non-hydrogen) atoms. The van der Waals surface area contributed by atoms with Gasteiger partial charge in [-0.3, -0.25) is 4.31 Å². The van der Waals surface area contributed by atoms with Crippen LogP contribution in [0.15, 0.2) is 46.0 Å². The fourth-order valence-corrected chi connectivity index (χ4v) is 6.39. The monoisotopic (exact) mass is 549 g/mol. The van der Waals surface area contributed by atoms with Gasteiger partial charge >= 0.3 is 0 Å². The van der Waals surface area contributed by atoms with E-state index in [0.717, 1.165) is 23.6 Å². The van der Waals surface area contributed by atoms with Crippen LogP contribution in [0.3, 0.4) is 0 Å². The molecule has 0 aliphatic carbocycles. The van der Waals surface area contributed by atoms with E-state index < -0.39 is 32.1 Å². The summed E-state index contributed by atoms with van der Waals surface area (Å²) in [5.41, 5.74) is 3.93. The van der Waals surface area contributed by atoms with E-state index in [4.69, 9.17) is 14.0 Å². The maximum Gasteiger partial charge on any atom is 0.232 e. The quantitative estimate of drug-likeness (QED) is 0.282. The van der Waals surface area contributed by atoms with Gasteiger partial charge in [0.1, 0.15) is 28.3 Å². The van der Waals surface area contributed by atoms with Gasteiger partial charge in [0, 0.05) is 35.9 Å². The third kappa shape index (κ3) is 5.60. The topological polar surface area (TPSA) is 128 Å². The first-order valence-electron chi connectivity index (χ1n) is 11.6. The minimum absolute atomic E-state index is 0.139. The SMILES string of the molecule is CN/C(=N\OC)c1c(-c2ccc(C)cc2)oc2cc3c(cc12)[C@H](C)O[C@H](CS(C)(=O)=O)CN3S(C)(=O)=O. The van der Waals surface area contributed by atoms with Gasteiger partial charge in [0.15, 0.2) is 5.84 Å². The van der Waals surface area contributed by atoms with Crippen molar-refractivity contribution in [3.8, 4) is 11.3 Å². The number of sulfonamides is 1. The Balaban J connectivity index is 2.00. The lowest BCUT2D eigenvalue weighted by molar-refractivity contribution is 0.0193. The molecular weight excluding hydrogens is 518 g/mol. The summed E-state index contributed by atoms with van der Waals surface area (Å²) in [5.74, 6) is 0.657. The Morgan fingerprint density at radius 1 is 1.16 bits per heavy atom. The fraction of sp³-hybridized carbons (Fsp3) is 0.400. The zero-order valence-corrected chi connectivity index (χ0v) is 23.2. The molecule has 0 radical (unpaired) electrons. The second-order valence-electron chi connectivity index (χ2n) is 9.24. The summed E-state index contributed by atoms with van der Waals surface area (Å²) in [7, 11) is -4.03. The summed E-state index contributed by atoms with van der Waals surface area (Å²) in [6.07, 6.45) is 0.749. The van der Waals surface area contributed by atoms with Crippen molar-refractivity contribution >= 4 is 42.4 Å². The van der Waals surface area contributed by atoms with Gasteiger partial charge in [-0.15, -0.1) is 0 Å². The van der Waals surface area contributed by atoms with Crippen LogP contribution in [0.4, 0.5) is 5.69 Å². The van der Waals surface area contributed by atoms with Gasteiger partial charge in [0.05, 0.1) is 42.0 Å². The van der Waals surface area contributed by atoms with Gasteiger partial charge in [-0.25, -0.2) is 16.8 Å². The van der Waals surface area contributed by atoms with Crippen molar-refractivity contribution in [2.45, 2.75) is 26.1 Å². The minimum atomic E-state index is -3.77. The average Bonchev–Trinajstić information content (AvgIpc) is 3.10. The molecule has 1 aliphatic heterocycles. The molecule has 0 amide bonds. The number of hydrogen-bond acceptors (Lipinski definition) is 8. The Morgan fingerprint density at radius 3 is 2.41 bits per heavy atom. The van der Waals surface area contributed by atoms with E-state index in [9.17, 15) is 16.8 Å². The van der Waals surface area contributed by atoms with Gasteiger partial charge in [-0.1, -0.05) is 35.0 Å². The number of oxime groups is 1. The Morgan fingerprint density at radius 2 is 1.84 bits per heavy atom. The molecular formula is C25H31N3O7S2. The molecule has 0 fully saturated rings. The van der Waals surface area contributed by atoms with E-state index in [1.165, 1.54) is 11.4 Å². The van der Waals surface area contributed by atoms with Gasteiger partial charge < -0.3 is 19.3 Å². The van der Waals surface area contributed by atoms with Crippen molar-refractivity contribution in [2.75, 3.05) is 43.3 Å². The van der Waals surface area contributed by atoms with Crippen LogP contribution in [0.25, 0.3) is 22.3 Å². The summed E-state index contributed by atoms with van der Waals surface area (Å²) in [4.78, 5) is 5.07. The number of nitrogens with one attached hydrogen (secondary N) is 1. The van der Waals surface area contributed by atoms with E-state index in [-0.39, 0.29) is 12.3 Å². The number of aryl methyl sites for hydroxylation is 1. The van der Waals surface area contributed by atoms with Crippen molar-refractivity contribution < 1.29 is 30.8 Å². The maximum absolute atomic E-state index is 12.9. The van der Waals surface area contributed by atoms with Crippen molar-refractivity contribution in [1.82, 2.24) is 5.32 Å². The van der Waals surface area contributed by atoms with Crippen LogP contribution < -0.4 is 9.62 Å². The average molecular weight is 550 g/mol. The van der Waals surface area contributed by atoms with Crippen LogP contribution in [0, 0.1) is 6.92 Å². The van der Waals surface area contributed by atoms with E-state index in [2.05, 4.69) is 10.5 Å². The predicted octanol–water partition coefficient (Wildman–Crippen LogP) is 3.21. The standard InChI is InChI=1S/C25H31N3O7S2/c1-15-7-9-17(10-8-15)24-23(25(26-3)27-33-4)20-11-19-16(2)34-18(14-36(5,29)30)13-28(37(6,31)32)21(19)12-22(20)35-24/h7-12,16,18H,13-14H2,1-6H3,(H,26,27)/t16-,18-/m0/s1. The van der Waals surface area contributed by atoms with E-state index in [1.807, 2.05) is 37.3 Å². The lowest BCUT2D eigenvalue weighted by Gasteiger charge is -2.24.